The lowest BCUT2D eigenvalue weighted by Crippen LogP contribution is -2.62. The van der Waals surface area contributed by atoms with E-state index in [0.717, 1.165) is 67.5 Å². The number of imidazole rings is 1. The summed E-state index contributed by atoms with van der Waals surface area (Å²) in [6, 6.07) is 15.4. The van der Waals surface area contributed by atoms with Crippen LogP contribution in [0, 0.1) is 12.7 Å². The Balaban J connectivity index is 1.21. The van der Waals surface area contributed by atoms with Gasteiger partial charge in [-0.3, -0.25) is 19.6 Å². The molecule has 7 rings (SSSR count). The van der Waals surface area contributed by atoms with Gasteiger partial charge in [-0.15, -0.1) is 0 Å². The smallest absolute Gasteiger partial charge is 0.410 e. The molecule has 9 nitrogen and oxygen atoms in total. The number of aromatic nitrogens is 3. The Morgan fingerprint density at radius 3 is 2.59 bits per heavy atom. The van der Waals surface area contributed by atoms with E-state index in [1.165, 1.54) is 23.3 Å². The van der Waals surface area contributed by atoms with Crippen molar-refractivity contribution in [3.8, 4) is 0 Å². The number of hydrogen-bond donors (Lipinski definition) is 0. The van der Waals surface area contributed by atoms with Crippen LogP contribution < -0.4 is 0 Å². The molecule has 1 aliphatic heterocycles. The molecule has 0 spiro atoms. The second-order valence-corrected chi connectivity index (χ2v) is 14.6. The van der Waals surface area contributed by atoms with Crippen molar-refractivity contribution >= 4 is 23.6 Å². The molecule has 11 heteroatoms. The van der Waals surface area contributed by atoms with Gasteiger partial charge in [0.15, 0.2) is 0 Å². The molecule has 0 N–H and O–H groups in total. The number of piperazine rings is 1. The van der Waals surface area contributed by atoms with Crippen LogP contribution in [0.2, 0.25) is 5.02 Å². The first-order valence-corrected chi connectivity index (χ1v) is 18.6. The number of nitrogens with zero attached hydrogens (tertiary/aromatic N) is 6. The maximum Gasteiger partial charge on any atom is 0.410 e. The van der Waals surface area contributed by atoms with Crippen molar-refractivity contribution in [3.05, 3.63) is 118 Å². The molecule has 3 aliphatic rings. The van der Waals surface area contributed by atoms with E-state index in [1.54, 1.807) is 23.4 Å². The Hall–Kier alpha value is -4.28. The highest BCUT2D eigenvalue weighted by Crippen LogP contribution is 2.38. The van der Waals surface area contributed by atoms with Gasteiger partial charge < -0.3 is 14.2 Å². The van der Waals surface area contributed by atoms with E-state index in [9.17, 15) is 14.0 Å². The summed E-state index contributed by atoms with van der Waals surface area (Å²) >= 11 is 6.50. The summed E-state index contributed by atoms with van der Waals surface area (Å²) < 4.78 is 22.0. The highest BCUT2D eigenvalue weighted by Gasteiger charge is 2.42. The average Bonchev–Trinajstić information content (AvgIpc) is 3.49. The van der Waals surface area contributed by atoms with Crippen molar-refractivity contribution in [2.75, 3.05) is 26.2 Å². The fraction of sp³-hybridized carbons (Fsp3) is 0.450. The second kappa shape index (κ2) is 15.9. The van der Waals surface area contributed by atoms with Crippen LogP contribution >= 0.6 is 11.6 Å². The molecule has 0 radical (unpaired) electrons. The second-order valence-electron chi connectivity index (χ2n) is 14.1. The van der Waals surface area contributed by atoms with Crippen molar-refractivity contribution in [2.24, 2.45) is 0 Å². The van der Waals surface area contributed by atoms with E-state index in [4.69, 9.17) is 21.3 Å². The van der Waals surface area contributed by atoms with E-state index in [0.29, 0.717) is 50.7 Å². The minimum absolute atomic E-state index is 0.136. The van der Waals surface area contributed by atoms with Gasteiger partial charge >= 0.3 is 6.09 Å². The number of ether oxygens (including phenoxy) is 1. The van der Waals surface area contributed by atoms with Crippen LogP contribution in [-0.2, 0) is 35.5 Å². The van der Waals surface area contributed by atoms with Crippen molar-refractivity contribution in [2.45, 2.75) is 89.6 Å². The fourth-order valence-corrected chi connectivity index (χ4v) is 8.14. The zero-order chi connectivity index (χ0) is 35.3. The number of aryl methyl sites for hydroxylation is 4. The zero-order valence-corrected chi connectivity index (χ0v) is 30.0. The maximum absolute atomic E-state index is 15.0. The first-order chi connectivity index (χ1) is 24.8. The van der Waals surface area contributed by atoms with Crippen LogP contribution in [-0.4, -0.2) is 79.6 Å². The number of amides is 2. The molecule has 2 aromatic heterocycles. The number of benzene rings is 2. The highest BCUT2D eigenvalue weighted by molar-refractivity contribution is 6.30. The number of hydrogen-bond acceptors (Lipinski definition) is 6. The third-order valence-corrected chi connectivity index (χ3v) is 10.8. The Morgan fingerprint density at radius 2 is 1.80 bits per heavy atom. The maximum atomic E-state index is 15.0. The Labute approximate surface area is 304 Å². The van der Waals surface area contributed by atoms with Crippen LogP contribution in [0.1, 0.15) is 78.2 Å². The third kappa shape index (κ3) is 8.28. The zero-order valence-electron chi connectivity index (χ0n) is 29.2. The van der Waals surface area contributed by atoms with Gasteiger partial charge in [-0.2, -0.15) is 0 Å². The summed E-state index contributed by atoms with van der Waals surface area (Å²) in [5.74, 6) is -0.483. The largest absolute Gasteiger partial charge is 0.446 e. The molecule has 2 atom stereocenters. The minimum Gasteiger partial charge on any atom is -0.446 e. The topological polar surface area (TPSA) is 83.8 Å². The lowest BCUT2D eigenvalue weighted by molar-refractivity contribution is -0.140. The number of rotatable bonds is 9. The molecule has 0 unspecified atom stereocenters. The third-order valence-electron chi connectivity index (χ3n) is 10.6. The molecule has 1 saturated carbocycles. The molecular formula is C40H46ClFN6O3. The molecule has 2 amide bonds. The van der Waals surface area contributed by atoms with E-state index in [1.807, 2.05) is 47.0 Å². The molecular weight excluding hydrogens is 667 g/mol. The number of carbonyl (C=O) groups is 2. The van der Waals surface area contributed by atoms with Crippen LogP contribution in [0.4, 0.5) is 9.18 Å². The van der Waals surface area contributed by atoms with Gasteiger partial charge in [0.25, 0.3) is 0 Å². The van der Waals surface area contributed by atoms with Gasteiger partial charge in [-0.1, -0.05) is 42.3 Å². The standard InChI is InChI=1S/C40H46ClFN6O3/c1-28-24-45(27-44-28)19-6-20-47(25-29-10-15-33(42)16-11-29)39(49)36-26-46(21-22-48(36)40(50)51-34-8-3-2-4-9-34)38-35-17-14-32(41)23-31(35)13-12-30-7-5-18-43-37(30)38/h5,7,10-11,14-18,23-24,27,34,36,38H,2-4,6,8-9,12-13,19-22,25-26H2,1H3/t36-,38+/m1/s1. The predicted octanol–water partition coefficient (Wildman–Crippen LogP) is 7.14. The van der Waals surface area contributed by atoms with Crippen molar-refractivity contribution in [3.63, 3.8) is 0 Å². The Morgan fingerprint density at radius 1 is 1.00 bits per heavy atom. The summed E-state index contributed by atoms with van der Waals surface area (Å²) in [7, 11) is 0. The van der Waals surface area contributed by atoms with E-state index < -0.39 is 12.1 Å². The first kappa shape index (κ1) is 35.1. The Kier molecular flexibility index (Phi) is 11.0. The van der Waals surface area contributed by atoms with Crippen LogP contribution in [0.5, 0.6) is 0 Å². The average molecular weight is 713 g/mol. The quantitative estimate of drug-likeness (QED) is 0.184. The van der Waals surface area contributed by atoms with E-state index >= 15 is 0 Å². The Bertz CT molecular complexity index is 1830. The van der Waals surface area contributed by atoms with Gasteiger partial charge in [-0.25, -0.2) is 14.2 Å². The monoisotopic (exact) mass is 712 g/mol. The molecule has 2 aliphatic carbocycles. The van der Waals surface area contributed by atoms with Gasteiger partial charge in [0, 0.05) is 56.7 Å². The summed E-state index contributed by atoms with van der Waals surface area (Å²) in [5.41, 5.74) is 6.19. The fourth-order valence-electron chi connectivity index (χ4n) is 7.94. The summed E-state index contributed by atoms with van der Waals surface area (Å²) in [6.07, 6.45) is 12.3. The molecule has 3 heterocycles. The van der Waals surface area contributed by atoms with Crippen LogP contribution in [0.15, 0.2) is 73.3 Å². The number of pyridine rings is 1. The number of carbonyl (C=O) groups excluding carboxylic acids is 2. The lowest BCUT2D eigenvalue weighted by atomic mass is 9.95. The molecule has 2 fully saturated rings. The van der Waals surface area contributed by atoms with Crippen LogP contribution in [0.25, 0.3) is 0 Å². The van der Waals surface area contributed by atoms with Crippen LogP contribution in [0.3, 0.4) is 0 Å². The summed E-state index contributed by atoms with van der Waals surface area (Å²) in [5, 5.41) is 0.692. The first-order valence-electron chi connectivity index (χ1n) is 18.3. The van der Waals surface area contributed by atoms with E-state index in [-0.39, 0.29) is 23.9 Å². The van der Waals surface area contributed by atoms with Gasteiger partial charge in [0.1, 0.15) is 18.0 Å². The summed E-state index contributed by atoms with van der Waals surface area (Å²) in [4.78, 5) is 44.0. The molecule has 1 saturated heterocycles. The molecule has 0 bridgehead atoms. The molecule has 51 heavy (non-hydrogen) atoms. The van der Waals surface area contributed by atoms with Crippen molar-refractivity contribution in [1.82, 2.24) is 29.2 Å². The molecule has 2 aromatic carbocycles. The minimum atomic E-state index is -0.794. The van der Waals surface area contributed by atoms with E-state index in [2.05, 4.69) is 22.0 Å². The lowest BCUT2D eigenvalue weighted by Gasteiger charge is -2.45. The van der Waals surface area contributed by atoms with Crippen molar-refractivity contribution in [1.29, 1.82) is 0 Å². The SMILES string of the molecule is Cc1cn(CCCN(Cc2ccc(F)cc2)C(=O)[C@H]2CN([C@H]3c4ccc(Cl)cc4CCc4cccnc43)CCN2C(=O)OC2CCCCC2)cn1. The van der Waals surface area contributed by atoms with Gasteiger partial charge in [0.05, 0.1) is 23.8 Å². The number of fused-ring (bicyclic) bond motifs is 2. The summed E-state index contributed by atoms with van der Waals surface area (Å²) in [6.45, 7) is 4.56. The normalized spacial score (nSPS) is 19.5. The number of halogens is 2. The highest BCUT2D eigenvalue weighted by atomic mass is 35.5. The van der Waals surface area contributed by atoms with Gasteiger partial charge in [-0.05, 0) is 104 Å². The molecule has 4 aromatic rings. The van der Waals surface area contributed by atoms with Gasteiger partial charge in [0.2, 0.25) is 5.91 Å². The van der Waals surface area contributed by atoms with Crippen molar-refractivity contribution < 1.29 is 18.7 Å². The molecule has 268 valence electrons. The predicted molar refractivity (Wildman–Crippen MR) is 194 cm³/mol.